The third-order valence-corrected chi connectivity index (χ3v) is 5.75. The number of nitrogens with zero attached hydrogens (tertiary/aromatic N) is 2. The van der Waals surface area contributed by atoms with E-state index in [9.17, 15) is 13.2 Å². The summed E-state index contributed by atoms with van der Waals surface area (Å²) in [5.41, 5.74) is 3.74. The summed E-state index contributed by atoms with van der Waals surface area (Å²) in [5, 5.41) is 12.3. The summed E-state index contributed by atoms with van der Waals surface area (Å²) >= 11 is 0. The number of aryl methyl sites for hydroxylation is 2. The molecule has 1 amide bonds. The van der Waals surface area contributed by atoms with Gasteiger partial charge in [-0.1, -0.05) is 0 Å². The minimum absolute atomic E-state index is 0.0882. The van der Waals surface area contributed by atoms with Gasteiger partial charge >= 0.3 is 0 Å². The van der Waals surface area contributed by atoms with Crippen molar-refractivity contribution >= 4 is 21.6 Å². The molecular weight excluding hydrogens is 328 g/mol. The second kappa shape index (κ2) is 5.42. The average molecular weight is 346 g/mol. The maximum absolute atomic E-state index is 13.0. The predicted octanol–water partition coefficient (Wildman–Crippen LogP) is 1.14. The Morgan fingerprint density at radius 2 is 2.04 bits per heavy atom. The highest BCUT2D eigenvalue weighted by molar-refractivity contribution is 7.89. The van der Waals surface area contributed by atoms with Crippen LogP contribution in [0, 0.1) is 0 Å². The van der Waals surface area contributed by atoms with Crippen LogP contribution in [0.1, 0.15) is 40.0 Å². The van der Waals surface area contributed by atoms with Crippen LogP contribution in [0.2, 0.25) is 0 Å². The van der Waals surface area contributed by atoms with E-state index in [-0.39, 0.29) is 10.8 Å². The van der Waals surface area contributed by atoms with E-state index >= 15 is 0 Å². The van der Waals surface area contributed by atoms with E-state index in [1.807, 2.05) is 6.07 Å². The monoisotopic (exact) mass is 346 g/mol. The zero-order valence-corrected chi connectivity index (χ0v) is 13.9. The molecule has 2 aromatic rings. The lowest BCUT2D eigenvalue weighted by molar-refractivity contribution is 0.0985. The van der Waals surface area contributed by atoms with Gasteiger partial charge in [0, 0.05) is 12.1 Å². The lowest BCUT2D eigenvalue weighted by Crippen LogP contribution is -2.35. The third kappa shape index (κ3) is 2.42. The molecular formula is C16H18N4O3S. The van der Waals surface area contributed by atoms with Crippen molar-refractivity contribution in [3.8, 4) is 0 Å². The SMILES string of the molecule is NS(=O)(=O)c1cc(C(=O)N2CCCc3[nH]ncc32)cc2c1CCC2. The number of anilines is 1. The van der Waals surface area contributed by atoms with Gasteiger partial charge in [0.05, 0.1) is 22.5 Å². The highest BCUT2D eigenvalue weighted by Crippen LogP contribution is 2.32. The molecule has 3 N–H and O–H groups in total. The van der Waals surface area contributed by atoms with Gasteiger partial charge in [0.1, 0.15) is 0 Å². The van der Waals surface area contributed by atoms with E-state index in [0.29, 0.717) is 18.5 Å². The normalized spacial score (nSPS) is 16.8. The fourth-order valence-corrected chi connectivity index (χ4v) is 4.53. The van der Waals surface area contributed by atoms with E-state index < -0.39 is 10.0 Å². The van der Waals surface area contributed by atoms with Crippen LogP contribution in [-0.2, 0) is 29.3 Å². The number of nitrogens with one attached hydrogen (secondary N) is 1. The number of fused-ring (bicyclic) bond motifs is 2. The van der Waals surface area contributed by atoms with Gasteiger partial charge in [0.2, 0.25) is 10.0 Å². The molecule has 7 nitrogen and oxygen atoms in total. The van der Waals surface area contributed by atoms with Crippen LogP contribution in [-0.4, -0.2) is 31.1 Å². The molecule has 1 aromatic heterocycles. The minimum atomic E-state index is -3.85. The van der Waals surface area contributed by atoms with Crippen molar-refractivity contribution in [3.05, 3.63) is 40.7 Å². The van der Waals surface area contributed by atoms with Gasteiger partial charge in [-0.05, 0) is 55.4 Å². The van der Waals surface area contributed by atoms with Crippen molar-refractivity contribution in [1.82, 2.24) is 10.2 Å². The molecule has 0 radical (unpaired) electrons. The van der Waals surface area contributed by atoms with E-state index in [1.54, 1.807) is 11.1 Å². The van der Waals surface area contributed by atoms with Crippen LogP contribution in [0.3, 0.4) is 0 Å². The second-order valence-corrected chi connectivity index (χ2v) is 7.83. The molecule has 1 aliphatic heterocycles. The molecule has 0 spiro atoms. The summed E-state index contributed by atoms with van der Waals surface area (Å²) in [6.45, 7) is 0.590. The van der Waals surface area contributed by atoms with E-state index in [4.69, 9.17) is 5.14 Å². The number of hydrogen-bond acceptors (Lipinski definition) is 4. The van der Waals surface area contributed by atoms with Gasteiger partial charge in [0.15, 0.2) is 0 Å². The number of H-pyrrole nitrogens is 1. The Morgan fingerprint density at radius 3 is 2.83 bits per heavy atom. The number of aromatic amines is 1. The maximum Gasteiger partial charge on any atom is 0.258 e. The van der Waals surface area contributed by atoms with Crippen LogP contribution in [0.4, 0.5) is 5.69 Å². The zero-order valence-electron chi connectivity index (χ0n) is 13.1. The number of carbonyl (C=O) groups is 1. The maximum atomic E-state index is 13.0. The Labute approximate surface area is 139 Å². The molecule has 8 heteroatoms. The van der Waals surface area contributed by atoms with Crippen molar-refractivity contribution in [2.24, 2.45) is 5.14 Å². The fourth-order valence-electron chi connectivity index (χ4n) is 3.67. The first kappa shape index (κ1) is 15.3. The number of primary sulfonamides is 1. The lowest BCUT2D eigenvalue weighted by atomic mass is 10.0. The van der Waals surface area contributed by atoms with E-state index in [0.717, 1.165) is 48.2 Å². The van der Waals surface area contributed by atoms with E-state index in [2.05, 4.69) is 10.2 Å². The Bertz CT molecular complexity index is 933. The van der Waals surface area contributed by atoms with Gasteiger partial charge in [0.25, 0.3) is 5.91 Å². The number of aromatic nitrogens is 2. The number of nitrogens with two attached hydrogens (primary N) is 1. The van der Waals surface area contributed by atoms with Crippen molar-refractivity contribution < 1.29 is 13.2 Å². The first-order chi connectivity index (χ1) is 11.4. The third-order valence-electron chi connectivity index (χ3n) is 4.77. The predicted molar refractivity (Wildman–Crippen MR) is 88.4 cm³/mol. The van der Waals surface area contributed by atoms with Crippen molar-refractivity contribution in [3.63, 3.8) is 0 Å². The molecule has 0 saturated heterocycles. The zero-order chi connectivity index (χ0) is 16.9. The van der Waals surface area contributed by atoms with Crippen LogP contribution >= 0.6 is 0 Å². The van der Waals surface area contributed by atoms with Gasteiger partial charge in [-0.15, -0.1) is 0 Å². The summed E-state index contributed by atoms with van der Waals surface area (Å²) < 4.78 is 23.9. The highest BCUT2D eigenvalue weighted by Gasteiger charge is 2.28. The molecule has 4 rings (SSSR count). The first-order valence-electron chi connectivity index (χ1n) is 7.98. The number of benzene rings is 1. The molecule has 2 heterocycles. The Hall–Kier alpha value is -2.19. The standard InChI is InChI=1S/C16H18N4O3S/c17-24(22,23)15-8-11(7-10-3-1-4-12(10)15)16(21)20-6-2-5-13-14(20)9-18-19-13/h7-9H,1-6H2,(H,18,19)(H2,17,22,23). The fraction of sp³-hybridized carbons (Fsp3) is 0.375. The summed E-state index contributed by atoms with van der Waals surface area (Å²) in [6, 6.07) is 3.24. The number of sulfonamides is 1. The number of hydrogen-bond donors (Lipinski definition) is 2. The number of rotatable bonds is 2. The molecule has 1 aromatic carbocycles. The summed E-state index contributed by atoms with van der Waals surface area (Å²) in [6.07, 6.45) is 5.67. The van der Waals surface area contributed by atoms with Crippen LogP contribution in [0.5, 0.6) is 0 Å². The molecule has 0 unspecified atom stereocenters. The smallest absolute Gasteiger partial charge is 0.258 e. The Kier molecular flexibility index (Phi) is 3.47. The van der Waals surface area contributed by atoms with Crippen LogP contribution in [0.15, 0.2) is 23.2 Å². The first-order valence-corrected chi connectivity index (χ1v) is 9.52. The Balaban J connectivity index is 1.80. The van der Waals surface area contributed by atoms with Crippen molar-refractivity contribution in [2.45, 2.75) is 37.0 Å². The van der Waals surface area contributed by atoms with Crippen molar-refractivity contribution in [1.29, 1.82) is 0 Å². The summed E-state index contributed by atoms with van der Waals surface area (Å²) in [4.78, 5) is 14.7. The molecule has 0 atom stereocenters. The van der Waals surface area contributed by atoms with Gasteiger partial charge < -0.3 is 4.90 Å². The summed E-state index contributed by atoms with van der Waals surface area (Å²) in [5.74, 6) is -0.211. The molecule has 0 saturated carbocycles. The summed E-state index contributed by atoms with van der Waals surface area (Å²) in [7, 11) is -3.85. The second-order valence-electron chi connectivity index (χ2n) is 6.30. The van der Waals surface area contributed by atoms with Crippen molar-refractivity contribution in [2.75, 3.05) is 11.4 Å². The molecule has 24 heavy (non-hydrogen) atoms. The minimum Gasteiger partial charge on any atom is -0.305 e. The van der Waals surface area contributed by atoms with Gasteiger partial charge in [-0.3, -0.25) is 9.89 Å². The van der Waals surface area contributed by atoms with Crippen LogP contribution in [0.25, 0.3) is 0 Å². The molecule has 0 fully saturated rings. The largest absolute Gasteiger partial charge is 0.305 e. The van der Waals surface area contributed by atoms with E-state index in [1.165, 1.54) is 6.07 Å². The lowest BCUT2D eigenvalue weighted by Gasteiger charge is -2.26. The topological polar surface area (TPSA) is 109 Å². The quantitative estimate of drug-likeness (QED) is 0.849. The van der Waals surface area contributed by atoms with Crippen LogP contribution < -0.4 is 10.0 Å². The van der Waals surface area contributed by atoms with Gasteiger partial charge in [-0.2, -0.15) is 5.10 Å². The molecule has 0 bridgehead atoms. The molecule has 1 aliphatic carbocycles. The average Bonchev–Trinajstić information content (AvgIpc) is 3.20. The van der Waals surface area contributed by atoms with Gasteiger partial charge in [-0.25, -0.2) is 13.6 Å². The molecule has 126 valence electrons. The number of carbonyl (C=O) groups excluding carboxylic acids is 1. The molecule has 2 aliphatic rings. The highest BCUT2D eigenvalue weighted by atomic mass is 32.2. The number of amides is 1. The Morgan fingerprint density at radius 1 is 1.21 bits per heavy atom.